The van der Waals surface area contributed by atoms with E-state index in [0.29, 0.717) is 12.8 Å². The van der Waals surface area contributed by atoms with Crippen molar-refractivity contribution in [3.05, 3.63) is 48.6 Å². The second-order valence-corrected chi connectivity index (χ2v) is 10.0. The summed E-state index contributed by atoms with van der Waals surface area (Å²) in [5.74, 6) is -0.693. The van der Waals surface area contributed by atoms with Crippen LogP contribution >= 0.6 is 0 Å². The second-order valence-electron chi connectivity index (χ2n) is 10.0. The van der Waals surface area contributed by atoms with Gasteiger partial charge in [0.1, 0.15) is 6.61 Å². The first kappa shape index (κ1) is 36.8. The largest absolute Gasteiger partial charge is 0.462 e. The molecule has 0 aromatic heterocycles. The molecule has 2 atom stereocenters. The average molecular weight is 549 g/mol. The molecule has 0 heterocycles. The second kappa shape index (κ2) is 28.8. The molecule has 0 unspecified atom stereocenters. The van der Waals surface area contributed by atoms with Crippen LogP contribution in [0.15, 0.2) is 48.6 Å². The van der Waals surface area contributed by atoms with E-state index in [1.165, 1.54) is 25.7 Å². The first-order valence-electron chi connectivity index (χ1n) is 15.3. The molecule has 0 aromatic carbocycles. The number of aliphatic hydroxyl groups excluding tert-OH is 2. The van der Waals surface area contributed by atoms with E-state index in [4.69, 9.17) is 9.47 Å². The lowest BCUT2D eigenvalue weighted by Crippen LogP contribution is -2.28. The number of hydrogen-bond acceptors (Lipinski definition) is 6. The lowest BCUT2D eigenvalue weighted by atomic mass is 10.1. The molecule has 0 saturated heterocycles. The van der Waals surface area contributed by atoms with E-state index >= 15 is 0 Å². The molecule has 0 aliphatic carbocycles. The molecule has 0 saturated carbocycles. The molecule has 39 heavy (non-hydrogen) atoms. The number of allylic oxidation sites excluding steroid dienone is 7. The van der Waals surface area contributed by atoms with Gasteiger partial charge in [-0.05, 0) is 44.9 Å². The number of esters is 2. The zero-order chi connectivity index (χ0) is 28.8. The summed E-state index contributed by atoms with van der Waals surface area (Å²) >= 11 is 0. The van der Waals surface area contributed by atoms with Crippen LogP contribution < -0.4 is 0 Å². The van der Waals surface area contributed by atoms with E-state index in [2.05, 4.69) is 50.3 Å². The van der Waals surface area contributed by atoms with Gasteiger partial charge in [0.25, 0.3) is 0 Å². The number of carbonyl (C=O) groups excluding carboxylic acids is 2. The molecule has 0 spiro atoms. The van der Waals surface area contributed by atoms with Crippen molar-refractivity contribution in [3.63, 3.8) is 0 Å². The van der Waals surface area contributed by atoms with Crippen molar-refractivity contribution in [2.24, 2.45) is 0 Å². The van der Waals surface area contributed by atoms with Gasteiger partial charge in [0, 0.05) is 12.8 Å². The predicted molar refractivity (Wildman–Crippen MR) is 160 cm³/mol. The van der Waals surface area contributed by atoms with Gasteiger partial charge in [0.05, 0.1) is 12.7 Å². The van der Waals surface area contributed by atoms with Gasteiger partial charge >= 0.3 is 11.9 Å². The molecule has 0 aliphatic heterocycles. The fourth-order valence-corrected chi connectivity index (χ4v) is 3.80. The number of hydrogen-bond donors (Lipinski definition) is 2. The molecule has 2 N–H and O–H groups in total. The normalized spacial score (nSPS) is 13.6. The zero-order valence-electron chi connectivity index (χ0n) is 24.7. The van der Waals surface area contributed by atoms with Crippen LogP contribution in [0, 0.1) is 0 Å². The van der Waals surface area contributed by atoms with Crippen LogP contribution in [0.4, 0.5) is 0 Å². The summed E-state index contributed by atoms with van der Waals surface area (Å²) < 4.78 is 10.4. The number of carbonyl (C=O) groups is 2. The Morgan fingerprint density at radius 3 is 1.90 bits per heavy atom. The molecule has 224 valence electrons. The summed E-state index contributed by atoms with van der Waals surface area (Å²) in [6, 6.07) is 0. The van der Waals surface area contributed by atoms with Crippen LogP contribution in [0.2, 0.25) is 0 Å². The SMILES string of the molecule is CCCCCCCCCC(=O)OC[C@H](CO)OC(=O)CCC/C=C\C/C=C\C/C=C\C/C=C\[C@H](O)CCCC. The van der Waals surface area contributed by atoms with E-state index in [1.54, 1.807) is 0 Å². The van der Waals surface area contributed by atoms with Crippen LogP contribution in [0.25, 0.3) is 0 Å². The van der Waals surface area contributed by atoms with Gasteiger partial charge in [-0.3, -0.25) is 9.59 Å². The van der Waals surface area contributed by atoms with E-state index in [0.717, 1.165) is 64.2 Å². The maximum Gasteiger partial charge on any atom is 0.306 e. The molecular formula is C33H56O6. The van der Waals surface area contributed by atoms with E-state index in [-0.39, 0.29) is 37.7 Å². The average Bonchev–Trinajstić information content (AvgIpc) is 2.93. The minimum Gasteiger partial charge on any atom is -0.462 e. The summed E-state index contributed by atoms with van der Waals surface area (Å²) in [7, 11) is 0. The lowest BCUT2D eigenvalue weighted by molar-refractivity contribution is -0.161. The van der Waals surface area contributed by atoms with E-state index in [1.807, 2.05) is 12.2 Å². The molecule has 0 aromatic rings. The monoisotopic (exact) mass is 548 g/mol. The Labute approximate surface area is 238 Å². The highest BCUT2D eigenvalue weighted by molar-refractivity contribution is 5.70. The van der Waals surface area contributed by atoms with Gasteiger partial charge in [0.15, 0.2) is 6.10 Å². The van der Waals surface area contributed by atoms with Crippen molar-refractivity contribution < 1.29 is 29.3 Å². The third-order valence-corrected chi connectivity index (χ3v) is 6.20. The smallest absolute Gasteiger partial charge is 0.306 e. The molecule has 0 rings (SSSR count). The topological polar surface area (TPSA) is 93.1 Å². The van der Waals surface area contributed by atoms with Crippen molar-refractivity contribution in [1.29, 1.82) is 0 Å². The highest BCUT2D eigenvalue weighted by atomic mass is 16.6. The van der Waals surface area contributed by atoms with Crippen molar-refractivity contribution in [2.75, 3.05) is 13.2 Å². The summed E-state index contributed by atoms with van der Waals surface area (Å²) in [5.41, 5.74) is 0. The molecule has 0 bridgehead atoms. The third kappa shape index (κ3) is 27.2. The Balaban J connectivity index is 3.79. The van der Waals surface area contributed by atoms with E-state index in [9.17, 15) is 19.8 Å². The highest BCUT2D eigenvalue weighted by Gasteiger charge is 2.15. The standard InChI is InChI=1S/C33H56O6/c1-3-5-7-8-15-19-22-26-32(36)38-29-31(28-34)39-33(37)27-23-20-17-14-12-10-9-11-13-16-18-21-25-30(35)24-6-4-2/h9-10,13-14,16-17,21,25,30-31,34-35H,3-8,11-12,15,18-20,22-24,26-29H2,1-2H3/b10-9-,16-13-,17-14-,25-21-/t30-,31+/m1/s1. The van der Waals surface area contributed by atoms with Crippen LogP contribution in [0.5, 0.6) is 0 Å². The minimum absolute atomic E-state index is 0.0993. The highest BCUT2D eigenvalue weighted by Crippen LogP contribution is 2.09. The van der Waals surface area contributed by atoms with Gasteiger partial charge in [0.2, 0.25) is 0 Å². The molecule has 0 aliphatic rings. The summed E-state index contributed by atoms with van der Waals surface area (Å²) in [6.07, 6.45) is 30.9. The first-order valence-corrected chi connectivity index (χ1v) is 15.3. The minimum atomic E-state index is -0.807. The maximum absolute atomic E-state index is 12.0. The summed E-state index contributed by atoms with van der Waals surface area (Å²) in [6.45, 7) is 3.85. The van der Waals surface area contributed by atoms with Gasteiger partial charge in [-0.2, -0.15) is 0 Å². The van der Waals surface area contributed by atoms with Gasteiger partial charge in [-0.25, -0.2) is 0 Å². The van der Waals surface area contributed by atoms with Gasteiger partial charge in [-0.15, -0.1) is 0 Å². The predicted octanol–water partition coefficient (Wildman–Crippen LogP) is 7.69. The van der Waals surface area contributed by atoms with Crippen molar-refractivity contribution in [1.82, 2.24) is 0 Å². The van der Waals surface area contributed by atoms with Crippen molar-refractivity contribution >= 4 is 11.9 Å². The maximum atomic E-state index is 12.0. The molecule has 6 heteroatoms. The van der Waals surface area contributed by atoms with Crippen molar-refractivity contribution in [2.45, 2.75) is 135 Å². The molecular weight excluding hydrogens is 492 g/mol. The fraction of sp³-hybridized carbons (Fsp3) is 0.697. The molecule has 0 fully saturated rings. The summed E-state index contributed by atoms with van der Waals surface area (Å²) in [5, 5.41) is 19.2. The Hall–Kier alpha value is -2.18. The van der Waals surface area contributed by atoms with Crippen LogP contribution in [0.1, 0.15) is 123 Å². The zero-order valence-corrected chi connectivity index (χ0v) is 24.7. The first-order chi connectivity index (χ1) is 19.0. The number of aliphatic hydroxyl groups is 2. The lowest BCUT2D eigenvalue weighted by Gasteiger charge is -2.15. The van der Waals surface area contributed by atoms with Crippen LogP contribution in [0.3, 0.4) is 0 Å². The Morgan fingerprint density at radius 1 is 0.692 bits per heavy atom. The molecule has 0 amide bonds. The Bertz CT molecular complexity index is 694. The third-order valence-electron chi connectivity index (χ3n) is 6.20. The number of rotatable bonds is 26. The van der Waals surface area contributed by atoms with Crippen molar-refractivity contribution in [3.8, 4) is 0 Å². The van der Waals surface area contributed by atoms with E-state index < -0.39 is 6.10 Å². The summed E-state index contributed by atoms with van der Waals surface area (Å²) in [4.78, 5) is 23.9. The van der Waals surface area contributed by atoms with Gasteiger partial charge in [-0.1, -0.05) is 114 Å². The number of ether oxygens (including phenoxy) is 2. The molecule has 6 nitrogen and oxygen atoms in total. The fourth-order valence-electron chi connectivity index (χ4n) is 3.80. The molecule has 0 radical (unpaired) electrons. The Morgan fingerprint density at radius 2 is 1.26 bits per heavy atom. The Kier molecular flexibility index (Phi) is 27.2. The van der Waals surface area contributed by atoms with Gasteiger partial charge < -0.3 is 19.7 Å². The van der Waals surface area contributed by atoms with Crippen LogP contribution in [-0.4, -0.2) is 47.6 Å². The quantitative estimate of drug-likeness (QED) is 0.0654. The van der Waals surface area contributed by atoms with Crippen LogP contribution in [-0.2, 0) is 19.1 Å². The number of unbranched alkanes of at least 4 members (excludes halogenated alkanes) is 8.